The molecule has 1 saturated heterocycles. The maximum absolute atomic E-state index is 11.5. The van der Waals surface area contributed by atoms with Crippen LogP contribution in [0.4, 0.5) is 4.79 Å². The van der Waals surface area contributed by atoms with Crippen molar-refractivity contribution in [2.24, 2.45) is 5.92 Å². The minimum absolute atomic E-state index is 0.0262. The van der Waals surface area contributed by atoms with Crippen LogP contribution in [0.1, 0.15) is 38.5 Å². The quantitative estimate of drug-likeness (QED) is 0.632. The van der Waals surface area contributed by atoms with Crippen LogP contribution in [-0.4, -0.2) is 30.6 Å². The van der Waals surface area contributed by atoms with Gasteiger partial charge in [-0.25, -0.2) is 10.1 Å². The molecule has 1 aliphatic heterocycles. The molecule has 3 nitrogen and oxygen atoms in total. The SMILES string of the molecule is O=C([N]CCCC1CC1)N1CCCC1. The topological polar surface area (TPSA) is 34.4 Å². The van der Waals surface area contributed by atoms with Crippen molar-refractivity contribution in [1.29, 1.82) is 0 Å². The molecule has 3 heteroatoms. The fourth-order valence-electron chi connectivity index (χ4n) is 1.97. The lowest BCUT2D eigenvalue weighted by Gasteiger charge is -2.13. The van der Waals surface area contributed by atoms with Crippen LogP contribution in [0.15, 0.2) is 0 Å². The van der Waals surface area contributed by atoms with E-state index in [9.17, 15) is 4.79 Å². The van der Waals surface area contributed by atoms with Crippen LogP contribution < -0.4 is 5.32 Å². The molecule has 0 N–H and O–H groups in total. The molecule has 14 heavy (non-hydrogen) atoms. The van der Waals surface area contributed by atoms with Gasteiger partial charge in [0.25, 0.3) is 0 Å². The second-order valence-corrected chi connectivity index (χ2v) is 4.44. The van der Waals surface area contributed by atoms with Crippen molar-refractivity contribution in [1.82, 2.24) is 10.2 Å². The lowest BCUT2D eigenvalue weighted by Crippen LogP contribution is -2.33. The molecule has 2 amide bonds. The van der Waals surface area contributed by atoms with Gasteiger partial charge in [0.2, 0.25) is 0 Å². The molecule has 0 aromatic heterocycles. The van der Waals surface area contributed by atoms with Crippen LogP contribution in [0, 0.1) is 5.92 Å². The standard InChI is InChI=1S/C11H19N2O/c14-11(13-8-1-2-9-13)12-7-3-4-10-5-6-10/h10H,1-9H2. The van der Waals surface area contributed by atoms with Crippen molar-refractivity contribution in [3.05, 3.63) is 0 Å². The Kier molecular flexibility index (Phi) is 3.27. The molecule has 0 bridgehead atoms. The predicted octanol–water partition coefficient (Wildman–Crippen LogP) is 2.00. The average molecular weight is 195 g/mol. The number of carbonyl (C=O) groups excluding carboxylic acids is 1. The van der Waals surface area contributed by atoms with Gasteiger partial charge in [-0.1, -0.05) is 12.8 Å². The van der Waals surface area contributed by atoms with E-state index in [0.29, 0.717) is 0 Å². The summed E-state index contributed by atoms with van der Waals surface area (Å²) in [6.45, 7) is 2.59. The summed E-state index contributed by atoms with van der Waals surface area (Å²) in [5.74, 6) is 0.965. The summed E-state index contributed by atoms with van der Waals surface area (Å²) in [5, 5.41) is 4.09. The fourth-order valence-corrected chi connectivity index (χ4v) is 1.97. The smallest absolute Gasteiger partial charge is 0.323 e. The van der Waals surface area contributed by atoms with Crippen LogP contribution in [0.3, 0.4) is 0 Å². The maximum Gasteiger partial charge on any atom is 0.338 e. The van der Waals surface area contributed by atoms with E-state index in [4.69, 9.17) is 0 Å². The van der Waals surface area contributed by atoms with Crippen molar-refractivity contribution in [3.8, 4) is 0 Å². The van der Waals surface area contributed by atoms with Crippen LogP contribution in [0.2, 0.25) is 0 Å². The normalized spacial score (nSPS) is 21.3. The number of amides is 2. The number of urea groups is 1. The summed E-state index contributed by atoms with van der Waals surface area (Å²) in [4.78, 5) is 13.3. The Balaban J connectivity index is 1.52. The molecule has 1 radical (unpaired) electrons. The molecule has 0 atom stereocenters. The van der Waals surface area contributed by atoms with E-state index >= 15 is 0 Å². The van der Waals surface area contributed by atoms with E-state index in [2.05, 4.69) is 5.32 Å². The minimum Gasteiger partial charge on any atom is -0.323 e. The highest BCUT2D eigenvalue weighted by molar-refractivity contribution is 5.74. The third-order valence-electron chi connectivity index (χ3n) is 3.09. The van der Waals surface area contributed by atoms with E-state index < -0.39 is 0 Å². The minimum atomic E-state index is 0.0262. The highest BCUT2D eigenvalue weighted by atomic mass is 16.2. The largest absolute Gasteiger partial charge is 0.338 e. The lowest BCUT2D eigenvalue weighted by molar-refractivity contribution is 0.207. The zero-order valence-electron chi connectivity index (χ0n) is 8.74. The highest BCUT2D eigenvalue weighted by Crippen LogP contribution is 2.33. The van der Waals surface area contributed by atoms with Gasteiger partial charge in [-0.05, 0) is 31.6 Å². The molecular formula is C11H19N2O. The second kappa shape index (κ2) is 4.67. The lowest BCUT2D eigenvalue weighted by atomic mass is 10.2. The van der Waals surface area contributed by atoms with Crippen molar-refractivity contribution >= 4 is 6.03 Å². The molecule has 1 saturated carbocycles. The average Bonchev–Trinajstić information content (AvgIpc) is 2.84. The van der Waals surface area contributed by atoms with Gasteiger partial charge in [-0.2, -0.15) is 0 Å². The number of nitrogens with zero attached hydrogens (tertiary/aromatic N) is 2. The van der Waals surface area contributed by atoms with E-state index in [-0.39, 0.29) is 6.03 Å². The monoisotopic (exact) mass is 195 g/mol. The Morgan fingerprint density at radius 2 is 2.00 bits per heavy atom. The van der Waals surface area contributed by atoms with Crippen LogP contribution in [0.25, 0.3) is 0 Å². The van der Waals surface area contributed by atoms with Gasteiger partial charge in [0.1, 0.15) is 0 Å². The van der Waals surface area contributed by atoms with E-state index in [1.165, 1.54) is 19.3 Å². The summed E-state index contributed by atoms with van der Waals surface area (Å²) in [6, 6.07) is 0.0262. The van der Waals surface area contributed by atoms with Crippen molar-refractivity contribution in [2.45, 2.75) is 38.5 Å². The van der Waals surface area contributed by atoms with Gasteiger partial charge in [0, 0.05) is 19.6 Å². The van der Waals surface area contributed by atoms with Crippen molar-refractivity contribution < 1.29 is 4.79 Å². The van der Waals surface area contributed by atoms with Gasteiger partial charge in [0.15, 0.2) is 0 Å². The molecule has 2 aliphatic rings. The first-order valence-electron chi connectivity index (χ1n) is 5.82. The number of hydrogen-bond donors (Lipinski definition) is 0. The molecule has 2 rings (SSSR count). The van der Waals surface area contributed by atoms with E-state index in [0.717, 1.165) is 44.8 Å². The molecule has 79 valence electrons. The molecule has 0 spiro atoms. The summed E-state index contributed by atoms with van der Waals surface area (Å²) in [7, 11) is 0. The van der Waals surface area contributed by atoms with Crippen molar-refractivity contribution in [3.63, 3.8) is 0 Å². The Hall–Kier alpha value is -0.730. The molecule has 2 fully saturated rings. The number of hydrogen-bond acceptors (Lipinski definition) is 1. The van der Waals surface area contributed by atoms with Crippen LogP contribution in [-0.2, 0) is 0 Å². The summed E-state index contributed by atoms with van der Waals surface area (Å²) in [6.07, 6.45) is 7.49. The second-order valence-electron chi connectivity index (χ2n) is 4.44. The molecule has 1 heterocycles. The predicted molar refractivity (Wildman–Crippen MR) is 55.2 cm³/mol. The summed E-state index contributed by atoms with van der Waals surface area (Å²) < 4.78 is 0. The number of carbonyl (C=O) groups is 1. The first-order chi connectivity index (χ1) is 6.86. The van der Waals surface area contributed by atoms with Crippen molar-refractivity contribution in [2.75, 3.05) is 19.6 Å². The van der Waals surface area contributed by atoms with Gasteiger partial charge in [0.05, 0.1) is 0 Å². The van der Waals surface area contributed by atoms with Gasteiger partial charge in [-0.3, -0.25) is 0 Å². The fraction of sp³-hybridized carbons (Fsp3) is 0.909. The highest BCUT2D eigenvalue weighted by Gasteiger charge is 2.21. The summed E-state index contributed by atoms with van der Waals surface area (Å²) in [5.41, 5.74) is 0. The molecule has 0 aromatic carbocycles. The molecule has 0 aromatic rings. The summed E-state index contributed by atoms with van der Waals surface area (Å²) >= 11 is 0. The van der Waals surface area contributed by atoms with Gasteiger partial charge >= 0.3 is 6.03 Å². The Morgan fingerprint density at radius 1 is 1.29 bits per heavy atom. The van der Waals surface area contributed by atoms with Gasteiger partial charge < -0.3 is 4.90 Å². The van der Waals surface area contributed by atoms with Crippen LogP contribution >= 0.6 is 0 Å². The number of rotatable bonds is 4. The van der Waals surface area contributed by atoms with Gasteiger partial charge in [-0.15, -0.1) is 0 Å². The van der Waals surface area contributed by atoms with E-state index in [1.54, 1.807) is 0 Å². The number of likely N-dealkylation sites (tertiary alicyclic amines) is 1. The molecule has 1 aliphatic carbocycles. The first kappa shape index (κ1) is 9.81. The zero-order chi connectivity index (χ0) is 9.80. The third-order valence-corrected chi connectivity index (χ3v) is 3.09. The van der Waals surface area contributed by atoms with E-state index in [1.807, 2.05) is 4.90 Å². The Bertz CT molecular complexity index is 195. The molecule has 0 unspecified atom stereocenters. The zero-order valence-corrected chi connectivity index (χ0v) is 8.74. The Labute approximate surface area is 85.8 Å². The molecular weight excluding hydrogens is 176 g/mol. The Morgan fingerprint density at radius 3 is 2.64 bits per heavy atom. The van der Waals surface area contributed by atoms with Crippen LogP contribution in [0.5, 0.6) is 0 Å². The maximum atomic E-state index is 11.5. The third kappa shape index (κ3) is 2.89. The first-order valence-corrected chi connectivity index (χ1v) is 5.82.